The maximum absolute atomic E-state index is 13.5. The van der Waals surface area contributed by atoms with E-state index in [2.05, 4.69) is 39.5 Å². The van der Waals surface area contributed by atoms with Crippen LogP contribution in [0.4, 0.5) is 10.5 Å². The highest BCUT2D eigenvalue weighted by atomic mass is 35.5. The Labute approximate surface area is 246 Å². The van der Waals surface area contributed by atoms with Crippen molar-refractivity contribution in [2.24, 2.45) is 0 Å². The first-order chi connectivity index (χ1) is 18.9. The number of amides is 2. The first-order valence-corrected chi connectivity index (χ1v) is 14.8. The molecule has 4 aromatic rings. The Hall–Kier alpha value is -2.68. The van der Waals surface area contributed by atoms with Gasteiger partial charge in [0.2, 0.25) is 0 Å². The summed E-state index contributed by atoms with van der Waals surface area (Å²) in [5, 5.41) is 4.61. The Bertz CT molecular complexity index is 1560. The Kier molecular flexibility index (Phi) is 7.53. The third-order valence-corrected chi connectivity index (χ3v) is 9.41. The van der Waals surface area contributed by atoms with Gasteiger partial charge in [0.25, 0.3) is 0 Å². The SMILES string of the molecule is O=C(NCc1ccnc(Cl)c1)N1CC2(CCN(C/C=C/c3ccc(Cl)c(Cl)c3)CC2)c2c1ccc1scnc21. The van der Waals surface area contributed by atoms with Gasteiger partial charge in [0.15, 0.2) is 0 Å². The minimum absolute atomic E-state index is 0.109. The second-order valence-corrected chi connectivity index (χ2v) is 12.1. The fraction of sp³-hybridized carbons (Fsp3) is 0.276. The lowest BCUT2D eigenvalue weighted by atomic mass is 9.74. The van der Waals surface area contributed by atoms with Crippen LogP contribution in [0.25, 0.3) is 16.3 Å². The van der Waals surface area contributed by atoms with Crippen LogP contribution in [0.5, 0.6) is 0 Å². The van der Waals surface area contributed by atoms with Crippen LogP contribution in [0.1, 0.15) is 29.5 Å². The molecule has 2 aliphatic rings. The topological polar surface area (TPSA) is 61.4 Å². The first-order valence-electron chi connectivity index (χ1n) is 12.8. The molecular formula is C29H26Cl3N5OS. The molecule has 0 saturated carbocycles. The number of urea groups is 1. The van der Waals surface area contributed by atoms with Crippen LogP contribution in [-0.2, 0) is 12.0 Å². The minimum atomic E-state index is -0.121. The summed E-state index contributed by atoms with van der Waals surface area (Å²) in [6.07, 6.45) is 7.82. The van der Waals surface area contributed by atoms with Crippen LogP contribution in [0.2, 0.25) is 15.2 Å². The van der Waals surface area contributed by atoms with E-state index in [1.165, 1.54) is 5.56 Å². The van der Waals surface area contributed by atoms with Gasteiger partial charge in [0.1, 0.15) is 5.15 Å². The largest absolute Gasteiger partial charge is 0.334 e. The molecule has 0 unspecified atom stereocenters. The summed E-state index contributed by atoms with van der Waals surface area (Å²) in [6, 6.07) is 13.3. The number of nitrogens with one attached hydrogen (secondary N) is 1. The Morgan fingerprint density at radius 1 is 1.05 bits per heavy atom. The van der Waals surface area contributed by atoms with E-state index in [1.54, 1.807) is 23.6 Å². The van der Waals surface area contributed by atoms with Crippen molar-refractivity contribution >= 4 is 74.2 Å². The first kappa shape index (κ1) is 26.5. The summed E-state index contributed by atoms with van der Waals surface area (Å²) < 4.78 is 1.16. The molecule has 2 aromatic carbocycles. The quantitative estimate of drug-likeness (QED) is 0.243. The van der Waals surface area contributed by atoms with E-state index in [9.17, 15) is 4.79 Å². The van der Waals surface area contributed by atoms with Crippen LogP contribution >= 0.6 is 46.1 Å². The van der Waals surface area contributed by atoms with Crippen molar-refractivity contribution in [1.29, 1.82) is 0 Å². The van der Waals surface area contributed by atoms with E-state index >= 15 is 0 Å². The van der Waals surface area contributed by atoms with Gasteiger partial charge in [-0.05, 0) is 73.5 Å². The van der Waals surface area contributed by atoms with Gasteiger partial charge in [-0.3, -0.25) is 9.80 Å². The molecule has 0 radical (unpaired) electrons. The number of piperidine rings is 1. The smallest absolute Gasteiger partial charge is 0.322 e. The number of hydrogen-bond donors (Lipinski definition) is 1. The molecule has 0 aliphatic carbocycles. The summed E-state index contributed by atoms with van der Waals surface area (Å²) in [7, 11) is 0. The molecule has 0 atom stereocenters. The molecule has 4 heterocycles. The zero-order valence-corrected chi connectivity index (χ0v) is 24.1. The van der Waals surface area contributed by atoms with E-state index in [0.717, 1.165) is 59.5 Å². The summed E-state index contributed by atoms with van der Waals surface area (Å²) in [4.78, 5) is 26.6. The highest BCUT2D eigenvalue weighted by Gasteiger charge is 2.47. The number of fused-ring (bicyclic) bond motifs is 4. The van der Waals surface area contributed by atoms with Crippen LogP contribution in [-0.4, -0.2) is 47.1 Å². The van der Waals surface area contributed by atoms with E-state index in [0.29, 0.717) is 28.3 Å². The van der Waals surface area contributed by atoms with Crippen LogP contribution in [0, 0.1) is 0 Å². The van der Waals surface area contributed by atoms with Gasteiger partial charge in [-0.25, -0.2) is 14.8 Å². The Morgan fingerprint density at radius 3 is 2.69 bits per heavy atom. The zero-order valence-electron chi connectivity index (χ0n) is 21.0. The maximum atomic E-state index is 13.5. The number of halogens is 3. The predicted octanol–water partition coefficient (Wildman–Crippen LogP) is 7.43. The molecule has 6 nitrogen and oxygen atoms in total. The highest BCUT2D eigenvalue weighted by Crippen LogP contribution is 2.50. The third-order valence-electron chi connectivity index (χ3n) is 7.67. The second kappa shape index (κ2) is 11.1. The molecule has 2 aliphatic heterocycles. The minimum Gasteiger partial charge on any atom is -0.334 e. The summed E-state index contributed by atoms with van der Waals surface area (Å²) >= 11 is 19.9. The van der Waals surface area contributed by atoms with E-state index < -0.39 is 0 Å². The van der Waals surface area contributed by atoms with Crippen molar-refractivity contribution in [3.63, 3.8) is 0 Å². The molecule has 1 N–H and O–H groups in total. The summed E-state index contributed by atoms with van der Waals surface area (Å²) in [5.74, 6) is 0. The monoisotopic (exact) mass is 597 g/mol. The van der Waals surface area contributed by atoms with Gasteiger partial charge in [-0.15, -0.1) is 11.3 Å². The van der Waals surface area contributed by atoms with Gasteiger partial charge in [-0.2, -0.15) is 0 Å². The standard InChI is InChI=1S/C29H26Cl3N5OS/c30-21-4-3-19(14-22(21)31)2-1-11-36-12-8-29(9-13-36)17-37(23-5-6-24-27(26(23)29)35-18-39-24)28(38)34-16-20-7-10-33-25(32)15-20/h1-7,10,14-15,18H,8-9,11-13,16-17H2,(H,34,38)/b2-1+. The van der Waals surface area contributed by atoms with Gasteiger partial charge in [-0.1, -0.05) is 53.0 Å². The number of carbonyl (C=O) groups is 1. The maximum Gasteiger partial charge on any atom is 0.322 e. The number of nitrogens with zero attached hydrogens (tertiary/aromatic N) is 4. The van der Waals surface area contributed by atoms with Crippen molar-refractivity contribution in [2.75, 3.05) is 31.1 Å². The highest BCUT2D eigenvalue weighted by molar-refractivity contribution is 7.16. The van der Waals surface area contributed by atoms with Crippen molar-refractivity contribution in [1.82, 2.24) is 20.2 Å². The van der Waals surface area contributed by atoms with Crippen LogP contribution in [0.15, 0.2) is 60.2 Å². The molecule has 1 fully saturated rings. The van der Waals surface area contributed by atoms with Crippen molar-refractivity contribution in [3.05, 3.63) is 92.1 Å². The average Bonchev–Trinajstić information content (AvgIpc) is 3.53. The van der Waals surface area contributed by atoms with Gasteiger partial charge in [0, 0.05) is 36.8 Å². The molecule has 1 saturated heterocycles. The zero-order chi connectivity index (χ0) is 27.0. The lowest BCUT2D eigenvalue weighted by Crippen LogP contribution is -2.47. The number of hydrogen-bond acceptors (Lipinski definition) is 5. The molecule has 0 bridgehead atoms. The lowest BCUT2D eigenvalue weighted by Gasteiger charge is -2.39. The number of likely N-dealkylation sites (tertiary alicyclic amines) is 1. The third kappa shape index (κ3) is 5.39. The number of benzene rings is 2. The molecule has 10 heteroatoms. The number of thiazole rings is 1. The predicted molar refractivity (Wildman–Crippen MR) is 161 cm³/mol. The van der Waals surface area contributed by atoms with Crippen LogP contribution in [0.3, 0.4) is 0 Å². The molecule has 2 amide bonds. The lowest BCUT2D eigenvalue weighted by molar-refractivity contribution is 0.180. The van der Waals surface area contributed by atoms with Crippen LogP contribution < -0.4 is 10.2 Å². The van der Waals surface area contributed by atoms with Crippen molar-refractivity contribution in [3.8, 4) is 0 Å². The molecule has 6 rings (SSSR count). The summed E-state index contributed by atoms with van der Waals surface area (Å²) in [5.41, 5.74) is 6.93. The summed E-state index contributed by atoms with van der Waals surface area (Å²) in [6.45, 7) is 3.77. The van der Waals surface area contributed by atoms with E-state index in [-0.39, 0.29) is 11.4 Å². The van der Waals surface area contributed by atoms with E-state index in [1.807, 2.05) is 34.7 Å². The molecule has 200 valence electrons. The van der Waals surface area contributed by atoms with Gasteiger partial charge >= 0.3 is 6.03 Å². The van der Waals surface area contributed by atoms with Gasteiger partial charge < -0.3 is 5.32 Å². The number of anilines is 1. The molecule has 1 spiro atoms. The fourth-order valence-electron chi connectivity index (χ4n) is 5.67. The van der Waals surface area contributed by atoms with Crippen molar-refractivity contribution < 1.29 is 4.79 Å². The number of carbonyl (C=O) groups excluding carboxylic acids is 1. The van der Waals surface area contributed by atoms with Gasteiger partial charge in [0.05, 0.1) is 31.5 Å². The Balaban J connectivity index is 1.18. The number of aromatic nitrogens is 2. The average molecular weight is 599 g/mol. The number of pyridine rings is 1. The second-order valence-electron chi connectivity index (χ2n) is 10.0. The normalized spacial score (nSPS) is 16.8. The fourth-order valence-corrected chi connectivity index (χ4v) is 6.86. The number of rotatable bonds is 5. The Morgan fingerprint density at radius 2 is 1.90 bits per heavy atom. The molecular weight excluding hydrogens is 573 g/mol. The van der Waals surface area contributed by atoms with E-state index in [4.69, 9.17) is 39.8 Å². The van der Waals surface area contributed by atoms with Crippen molar-refractivity contribution in [2.45, 2.75) is 24.8 Å². The molecule has 39 heavy (non-hydrogen) atoms. The molecule has 2 aromatic heterocycles.